The molecule has 0 fully saturated rings. The highest BCUT2D eigenvalue weighted by Crippen LogP contribution is 2.14. The molecular weight excluding hydrogens is 327 g/mol. The Kier molecular flexibility index (Phi) is 4.38. The standard InChI is InChI=1S/C18H13FN2O4/c1-25-18(24)16-20-15-8-11(10-22)6-7-13(15)17(23)21(16)9-12-4-2-3-5-14(12)19/h2-8,10H,9H2,1H3. The van der Waals surface area contributed by atoms with E-state index in [1.807, 2.05) is 0 Å². The average Bonchev–Trinajstić information content (AvgIpc) is 2.64. The number of halogens is 1. The first-order chi connectivity index (χ1) is 12.0. The van der Waals surface area contributed by atoms with Crippen molar-refractivity contribution < 1.29 is 18.7 Å². The summed E-state index contributed by atoms with van der Waals surface area (Å²) >= 11 is 0. The molecule has 126 valence electrons. The van der Waals surface area contributed by atoms with E-state index >= 15 is 0 Å². The Balaban J connectivity index is 2.26. The second kappa shape index (κ2) is 6.64. The quantitative estimate of drug-likeness (QED) is 0.537. The van der Waals surface area contributed by atoms with Crippen LogP contribution in [0.5, 0.6) is 0 Å². The highest BCUT2D eigenvalue weighted by molar-refractivity contribution is 5.91. The molecule has 0 aliphatic carbocycles. The van der Waals surface area contributed by atoms with Gasteiger partial charge in [0.05, 0.1) is 24.6 Å². The Bertz CT molecular complexity index is 1040. The van der Waals surface area contributed by atoms with Crippen LogP contribution in [0.2, 0.25) is 0 Å². The molecule has 0 bridgehead atoms. The van der Waals surface area contributed by atoms with E-state index in [-0.39, 0.29) is 28.8 Å². The van der Waals surface area contributed by atoms with Crippen LogP contribution in [0.1, 0.15) is 26.5 Å². The molecule has 0 amide bonds. The van der Waals surface area contributed by atoms with Crippen molar-refractivity contribution in [2.45, 2.75) is 6.54 Å². The van der Waals surface area contributed by atoms with Crippen LogP contribution in [0, 0.1) is 5.82 Å². The number of hydrogen-bond acceptors (Lipinski definition) is 5. The zero-order chi connectivity index (χ0) is 18.0. The van der Waals surface area contributed by atoms with E-state index in [9.17, 15) is 18.8 Å². The molecule has 0 saturated heterocycles. The van der Waals surface area contributed by atoms with Gasteiger partial charge in [-0.05, 0) is 18.2 Å². The van der Waals surface area contributed by atoms with E-state index in [0.29, 0.717) is 11.8 Å². The van der Waals surface area contributed by atoms with Gasteiger partial charge in [-0.15, -0.1) is 0 Å². The molecule has 1 aromatic heterocycles. The summed E-state index contributed by atoms with van der Waals surface area (Å²) in [5, 5.41) is 0.217. The monoisotopic (exact) mass is 340 g/mol. The lowest BCUT2D eigenvalue weighted by molar-refractivity contribution is 0.0579. The van der Waals surface area contributed by atoms with Gasteiger partial charge in [-0.2, -0.15) is 0 Å². The number of fused-ring (bicyclic) bond motifs is 1. The van der Waals surface area contributed by atoms with Gasteiger partial charge in [-0.3, -0.25) is 14.2 Å². The summed E-state index contributed by atoms with van der Waals surface area (Å²) in [6, 6.07) is 10.3. The molecule has 0 unspecified atom stereocenters. The SMILES string of the molecule is COC(=O)c1nc2cc(C=O)ccc2c(=O)n1Cc1ccccc1F. The maximum atomic E-state index is 13.9. The molecule has 6 nitrogen and oxygen atoms in total. The number of nitrogens with zero attached hydrogens (tertiary/aromatic N) is 2. The number of benzene rings is 2. The second-order valence-corrected chi connectivity index (χ2v) is 5.30. The van der Waals surface area contributed by atoms with Gasteiger partial charge in [0.2, 0.25) is 5.82 Å². The van der Waals surface area contributed by atoms with Crippen molar-refractivity contribution in [1.82, 2.24) is 9.55 Å². The van der Waals surface area contributed by atoms with Crippen molar-refractivity contribution in [3.8, 4) is 0 Å². The Morgan fingerprint density at radius 1 is 1.28 bits per heavy atom. The fraction of sp³-hybridized carbons (Fsp3) is 0.111. The summed E-state index contributed by atoms with van der Waals surface area (Å²) in [5.74, 6) is -1.58. The normalized spacial score (nSPS) is 10.6. The van der Waals surface area contributed by atoms with Crippen LogP contribution in [0.15, 0.2) is 47.3 Å². The molecule has 0 radical (unpaired) electrons. The maximum Gasteiger partial charge on any atom is 0.374 e. The van der Waals surface area contributed by atoms with Crippen molar-refractivity contribution in [3.05, 3.63) is 75.6 Å². The molecule has 1 heterocycles. The Labute approximate surface area is 141 Å². The van der Waals surface area contributed by atoms with Crippen molar-refractivity contribution in [2.24, 2.45) is 0 Å². The summed E-state index contributed by atoms with van der Waals surface area (Å²) in [6.07, 6.45) is 0.615. The molecule has 0 aliphatic heterocycles. The lowest BCUT2D eigenvalue weighted by Crippen LogP contribution is -2.29. The van der Waals surface area contributed by atoms with Crippen molar-refractivity contribution in [1.29, 1.82) is 0 Å². The molecule has 0 N–H and O–H groups in total. The first-order valence-electron chi connectivity index (χ1n) is 7.36. The molecule has 3 rings (SSSR count). The van der Waals surface area contributed by atoms with Crippen LogP contribution >= 0.6 is 0 Å². The van der Waals surface area contributed by atoms with Gasteiger partial charge >= 0.3 is 5.97 Å². The molecule has 0 aliphatic rings. The number of methoxy groups -OCH3 is 1. The molecule has 2 aromatic carbocycles. The van der Waals surface area contributed by atoms with E-state index < -0.39 is 17.3 Å². The molecule has 25 heavy (non-hydrogen) atoms. The topological polar surface area (TPSA) is 78.3 Å². The van der Waals surface area contributed by atoms with E-state index in [4.69, 9.17) is 0 Å². The summed E-state index contributed by atoms with van der Waals surface area (Å²) in [4.78, 5) is 39.9. The fourth-order valence-corrected chi connectivity index (χ4v) is 2.50. The van der Waals surface area contributed by atoms with Crippen LogP contribution in [0.4, 0.5) is 4.39 Å². The zero-order valence-electron chi connectivity index (χ0n) is 13.2. The van der Waals surface area contributed by atoms with E-state index in [2.05, 4.69) is 9.72 Å². The van der Waals surface area contributed by atoms with Crippen LogP contribution in [0.25, 0.3) is 10.9 Å². The molecule has 0 spiro atoms. The number of aldehydes is 1. The largest absolute Gasteiger partial charge is 0.463 e. The summed E-state index contributed by atoms with van der Waals surface area (Å²) < 4.78 is 19.7. The number of carbonyl (C=O) groups excluding carboxylic acids is 2. The van der Waals surface area contributed by atoms with Crippen LogP contribution in [-0.4, -0.2) is 28.9 Å². The molecular formula is C18H13FN2O4. The highest BCUT2D eigenvalue weighted by atomic mass is 19.1. The predicted molar refractivity (Wildman–Crippen MR) is 88.2 cm³/mol. The minimum Gasteiger partial charge on any atom is -0.463 e. The van der Waals surface area contributed by atoms with Gasteiger partial charge in [0, 0.05) is 11.1 Å². The highest BCUT2D eigenvalue weighted by Gasteiger charge is 2.19. The molecule has 3 aromatic rings. The van der Waals surface area contributed by atoms with Crippen LogP contribution in [0.3, 0.4) is 0 Å². The van der Waals surface area contributed by atoms with Gasteiger partial charge in [0.25, 0.3) is 5.56 Å². The first-order valence-corrected chi connectivity index (χ1v) is 7.36. The molecule has 0 atom stereocenters. The van der Waals surface area contributed by atoms with Crippen molar-refractivity contribution >= 4 is 23.2 Å². The van der Waals surface area contributed by atoms with Gasteiger partial charge in [-0.1, -0.05) is 24.3 Å². The number of aromatic nitrogens is 2. The number of rotatable bonds is 4. The van der Waals surface area contributed by atoms with Crippen molar-refractivity contribution in [2.75, 3.05) is 7.11 Å². The molecule has 7 heteroatoms. The summed E-state index contributed by atoms with van der Waals surface area (Å²) in [5.41, 5.74) is 0.230. The second-order valence-electron chi connectivity index (χ2n) is 5.30. The lowest BCUT2D eigenvalue weighted by Gasteiger charge is -2.12. The first kappa shape index (κ1) is 16.5. The number of hydrogen-bond donors (Lipinski definition) is 0. The minimum atomic E-state index is -0.827. The average molecular weight is 340 g/mol. The Hall–Kier alpha value is -3.35. The summed E-state index contributed by atoms with van der Waals surface area (Å²) in [6.45, 7) is -0.172. The smallest absolute Gasteiger partial charge is 0.374 e. The van der Waals surface area contributed by atoms with Crippen LogP contribution < -0.4 is 5.56 Å². The van der Waals surface area contributed by atoms with Gasteiger partial charge in [0.1, 0.15) is 12.1 Å². The third-order valence-corrected chi connectivity index (χ3v) is 3.77. The number of carbonyl (C=O) groups is 2. The van der Waals surface area contributed by atoms with Crippen LogP contribution in [-0.2, 0) is 11.3 Å². The van der Waals surface area contributed by atoms with Crippen molar-refractivity contribution in [3.63, 3.8) is 0 Å². The molecule has 0 saturated carbocycles. The Morgan fingerprint density at radius 2 is 2.04 bits per heavy atom. The summed E-state index contributed by atoms with van der Waals surface area (Å²) in [7, 11) is 1.16. The zero-order valence-corrected chi connectivity index (χ0v) is 13.2. The number of ether oxygens (including phenoxy) is 1. The number of esters is 1. The van der Waals surface area contributed by atoms with Gasteiger partial charge in [0.15, 0.2) is 0 Å². The fourth-order valence-electron chi connectivity index (χ4n) is 2.50. The lowest BCUT2D eigenvalue weighted by atomic mass is 10.1. The van der Waals surface area contributed by atoms with Gasteiger partial charge in [-0.25, -0.2) is 14.2 Å². The van der Waals surface area contributed by atoms with E-state index in [1.54, 1.807) is 6.07 Å². The van der Waals surface area contributed by atoms with E-state index in [0.717, 1.165) is 11.7 Å². The Morgan fingerprint density at radius 3 is 2.72 bits per heavy atom. The maximum absolute atomic E-state index is 13.9. The van der Waals surface area contributed by atoms with Gasteiger partial charge < -0.3 is 4.74 Å². The third kappa shape index (κ3) is 3.03. The minimum absolute atomic E-state index is 0.172. The predicted octanol–water partition coefficient (Wildman–Crippen LogP) is 2.18. The third-order valence-electron chi connectivity index (χ3n) is 3.77. The van der Waals surface area contributed by atoms with E-state index in [1.165, 1.54) is 36.4 Å².